The summed E-state index contributed by atoms with van der Waals surface area (Å²) >= 11 is 7.05. The average Bonchev–Trinajstić information content (AvgIpc) is 2.73. The summed E-state index contributed by atoms with van der Waals surface area (Å²) < 4.78 is 1.61. The van der Waals surface area contributed by atoms with Crippen LogP contribution in [0.1, 0.15) is 34.5 Å². The van der Waals surface area contributed by atoms with Gasteiger partial charge in [0, 0.05) is 17.8 Å². The molecule has 0 radical (unpaired) electrons. The highest BCUT2D eigenvalue weighted by molar-refractivity contribution is 9.10. The molecule has 0 fully saturated rings. The third-order valence-corrected chi connectivity index (χ3v) is 5.49. The summed E-state index contributed by atoms with van der Waals surface area (Å²) in [7, 11) is 0. The quantitative estimate of drug-likeness (QED) is 0.303. The summed E-state index contributed by atoms with van der Waals surface area (Å²) in [5, 5.41) is 0. The average molecular weight is 495 g/mol. The van der Waals surface area contributed by atoms with E-state index in [1.807, 2.05) is 48.7 Å². The van der Waals surface area contributed by atoms with E-state index in [0.29, 0.717) is 0 Å². The zero-order valence-corrected chi connectivity index (χ0v) is 18.1. The molecule has 1 aromatic carbocycles. The number of hydrogen-bond acceptors (Lipinski definition) is 3. The van der Waals surface area contributed by atoms with Crippen LogP contribution in [-0.2, 0) is 0 Å². The first-order valence-corrected chi connectivity index (χ1v) is 10.5. The van der Waals surface area contributed by atoms with Gasteiger partial charge in [-0.2, -0.15) is 0 Å². The number of nitrogens with zero attached hydrogens (tertiary/aromatic N) is 3. The molecular formula is C23H17Br2N3. The first-order chi connectivity index (χ1) is 13.7. The number of rotatable bonds is 5. The van der Waals surface area contributed by atoms with Gasteiger partial charge in [-0.3, -0.25) is 4.98 Å². The fourth-order valence-corrected chi connectivity index (χ4v) is 4.16. The lowest BCUT2D eigenvalue weighted by Crippen LogP contribution is -2.18. The molecule has 1 atom stereocenters. The normalized spacial score (nSPS) is 12.1. The van der Waals surface area contributed by atoms with Gasteiger partial charge >= 0.3 is 0 Å². The minimum absolute atomic E-state index is 0.0222. The predicted molar refractivity (Wildman–Crippen MR) is 118 cm³/mol. The monoisotopic (exact) mass is 493 g/mol. The molecule has 0 aliphatic rings. The Hall–Kier alpha value is -2.37. The van der Waals surface area contributed by atoms with Crippen LogP contribution in [0.4, 0.5) is 0 Å². The van der Waals surface area contributed by atoms with Crippen LogP contribution in [-0.4, -0.2) is 15.0 Å². The Kier molecular flexibility index (Phi) is 5.93. The largest absolute Gasteiger partial charge is 0.261 e. The van der Waals surface area contributed by atoms with Crippen LogP contribution < -0.4 is 0 Å². The first kappa shape index (κ1) is 19.0. The highest BCUT2D eigenvalue weighted by Gasteiger charge is 2.31. The molecule has 0 saturated carbocycles. The Morgan fingerprint density at radius 3 is 1.64 bits per heavy atom. The molecule has 4 aromatic rings. The second-order valence-corrected chi connectivity index (χ2v) is 8.02. The molecule has 4 rings (SSSR count). The highest BCUT2D eigenvalue weighted by atomic mass is 79.9. The van der Waals surface area contributed by atoms with E-state index in [4.69, 9.17) is 15.0 Å². The van der Waals surface area contributed by atoms with Crippen LogP contribution in [0.2, 0.25) is 0 Å². The second kappa shape index (κ2) is 8.76. The van der Waals surface area contributed by atoms with Crippen molar-refractivity contribution in [2.24, 2.45) is 0 Å². The van der Waals surface area contributed by atoms with Crippen molar-refractivity contribution in [1.82, 2.24) is 15.0 Å². The Morgan fingerprint density at radius 1 is 0.536 bits per heavy atom. The van der Waals surface area contributed by atoms with E-state index in [1.54, 1.807) is 0 Å². The minimum Gasteiger partial charge on any atom is -0.261 e. The molecule has 1 unspecified atom stereocenters. The molecule has 0 N–H and O–H groups in total. The molecule has 0 aliphatic heterocycles. The molecule has 0 bridgehead atoms. The maximum atomic E-state index is 4.79. The lowest BCUT2D eigenvalue weighted by molar-refractivity contribution is 0.639. The molecule has 0 aliphatic carbocycles. The van der Waals surface area contributed by atoms with Gasteiger partial charge in [-0.1, -0.05) is 48.5 Å². The second-order valence-electron chi connectivity index (χ2n) is 6.39. The van der Waals surface area contributed by atoms with Crippen LogP contribution in [0.3, 0.4) is 0 Å². The van der Waals surface area contributed by atoms with E-state index < -0.39 is 0 Å². The van der Waals surface area contributed by atoms with Crippen molar-refractivity contribution < 1.29 is 0 Å². The number of halogens is 2. The van der Waals surface area contributed by atoms with Crippen molar-refractivity contribution in [2.45, 2.75) is 11.8 Å². The van der Waals surface area contributed by atoms with E-state index in [2.05, 4.69) is 74.3 Å². The van der Waals surface area contributed by atoms with Crippen LogP contribution >= 0.6 is 31.9 Å². The van der Waals surface area contributed by atoms with Crippen LogP contribution in [0.15, 0.2) is 100 Å². The van der Waals surface area contributed by atoms with Gasteiger partial charge < -0.3 is 0 Å². The Labute approximate surface area is 181 Å². The first-order valence-electron chi connectivity index (χ1n) is 8.93. The summed E-state index contributed by atoms with van der Waals surface area (Å²) in [6.45, 7) is 0. The van der Waals surface area contributed by atoms with Gasteiger partial charge in [0.2, 0.25) is 0 Å². The number of hydrogen-bond donors (Lipinski definition) is 0. The molecule has 28 heavy (non-hydrogen) atoms. The molecule has 0 spiro atoms. The molecule has 0 saturated heterocycles. The summed E-state index contributed by atoms with van der Waals surface area (Å²) in [6, 6.07) is 28.5. The Bertz CT molecular complexity index is 970. The molecule has 3 aromatic heterocycles. The van der Waals surface area contributed by atoms with Crippen LogP contribution in [0.5, 0.6) is 0 Å². The lowest BCUT2D eigenvalue weighted by atomic mass is 9.79. The SMILES string of the molecule is Brc1cccc(C(c2cccc(Br)n2)C(c2ccccc2)c2ccccn2)n1. The number of pyridine rings is 3. The smallest absolute Gasteiger partial charge is 0.106 e. The van der Waals surface area contributed by atoms with Gasteiger partial charge in [0.25, 0.3) is 0 Å². The van der Waals surface area contributed by atoms with E-state index in [0.717, 1.165) is 26.3 Å². The Morgan fingerprint density at radius 2 is 1.11 bits per heavy atom. The van der Waals surface area contributed by atoms with E-state index in [-0.39, 0.29) is 11.8 Å². The summed E-state index contributed by atoms with van der Waals surface area (Å²) in [5.74, 6) is -0.113. The van der Waals surface area contributed by atoms with Crippen LogP contribution in [0.25, 0.3) is 0 Å². The predicted octanol–water partition coefficient (Wildman–Crippen LogP) is 6.36. The maximum absolute atomic E-state index is 4.79. The standard InChI is InChI=1S/C23H17Br2N3/c24-20-13-6-11-18(27-20)23(19-12-7-14-21(25)28-19)22(16-8-2-1-3-9-16)17-10-4-5-15-26-17/h1-15,22-23H. The summed E-state index contributed by atoms with van der Waals surface area (Å²) in [4.78, 5) is 14.3. The highest BCUT2D eigenvalue weighted by Crippen LogP contribution is 2.41. The van der Waals surface area contributed by atoms with Crippen molar-refractivity contribution in [3.05, 3.63) is 123 Å². The van der Waals surface area contributed by atoms with Crippen molar-refractivity contribution in [1.29, 1.82) is 0 Å². The fraction of sp³-hybridized carbons (Fsp3) is 0.0870. The molecule has 138 valence electrons. The van der Waals surface area contributed by atoms with Crippen LogP contribution in [0, 0.1) is 0 Å². The van der Waals surface area contributed by atoms with E-state index in [9.17, 15) is 0 Å². The molecule has 3 nitrogen and oxygen atoms in total. The van der Waals surface area contributed by atoms with E-state index in [1.165, 1.54) is 5.56 Å². The molecule has 5 heteroatoms. The zero-order valence-electron chi connectivity index (χ0n) is 14.9. The van der Waals surface area contributed by atoms with Crippen molar-refractivity contribution in [3.8, 4) is 0 Å². The summed E-state index contributed by atoms with van der Waals surface area (Å²) in [5.41, 5.74) is 4.05. The minimum atomic E-state index is -0.0905. The molecular weight excluding hydrogens is 478 g/mol. The number of benzene rings is 1. The van der Waals surface area contributed by atoms with Gasteiger partial charge in [0.1, 0.15) is 9.21 Å². The lowest BCUT2D eigenvalue weighted by Gasteiger charge is -2.27. The topological polar surface area (TPSA) is 38.7 Å². The van der Waals surface area contributed by atoms with Crippen molar-refractivity contribution >= 4 is 31.9 Å². The third kappa shape index (κ3) is 4.21. The van der Waals surface area contributed by atoms with Crippen molar-refractivity contribution in [2.75, 3.05) is 0 Å². The molecule has 0 amide bonds. The Balaban J connectivity index is 1.96. The fourth-order valence-electron chi connectivity index (χ4n) is 3.44. The maximum Gasteiger partial charge on any atom is 0.106 e. The van der Waals surface area contributed by atoms with Gasteiger partial charge in [-0.25, -0.2) is 9.97 Å². The van der Waals surface area contributed by atoms with Gasteiger partial charge in [-0.15, -0.1) is 0 Å². The van der Waals surface area contributed by atoms with E-state index >= 15 is 0 Å². The summed E-state index contributed by atoms with van der Waals surface area (Å²) in [6.07, 6.45) is 1.84. The third-order valence-electron chi connectivity index (χ3n) is 4.61. The van der Waals surface area contributed by atoms with Gasteiger partial charge in [-0.05, 0) is 73.8 Å². The van der Waals surface area contributed by atoms with Crippen molar-refractivity contribution in [3.63, 3.8) is 0 Å². The number of aromatic nitrogens is 3. The van der Waals surface area contributed by atoms with Gasteiger partial charge in [0.15, 0.2) is 0 Å². The zero-order chi connectivity index (χ0) is 19.3. The van der Waals surface area contributed by atoms with Gasteiger partial charge in [0.05, 0.1) is 17.3 Å². The molecule has 3 heterocycles.